The largest absolute Gasteiger partial charge is 0.323 e. The molecule has 1 aliphatic rings. The molecule has 0 aliphatic heterocycles. The second-order valence-corrected chi connectivity index (χ2v) is 5.16. The average molecular weight is 238 g/mol. The van der Waals surface area contributed by atoms with Gasteiger partial charge in [-0.1, -0.05) is 0 Å². The van der Waals surface area contributed by atoms with E-state index < -0.39 is 0 Å². The van der Waals surface area contributed by atoms with E-state index in [-0.39, 0.29) is 5.56 Å². The van der Waals surface area contributed by atoms with E-state index >= 15 is 0 Å². The van der Waals surface area contributed by atoms with Crippen LogP contribution in [0, 0.1) is 4.77 Å². The normalized spacial score (nSPS) is 16.8. The summed E-state index contributed by atoms with van der Waals surface area (Å²) in [6.07, 6.45) is 3.35. The van der Waals surface area contributed by atoms with Gasteiger partial charge in [-0.25, -0.2) is 0 Å². The van der Waals surface area contributed by atoms with Crippen molar-refractivity contribution in [1.82, 2.24) is 9.55 Å². The van der Waals surface area contributed by atoms with Crippen LogP contribution in [0.3, 0.4) is 0 Å². The van der Waals surface area contributed by atoms with E-state index in [4.69, 9.17) is 12.2 Å². The van der Waals surface area contributed by atoms with Crippen LogP contribution in [0.1, 0.15) is 25.3 Å². The average Bonchev–Trinajstić information content (AvgIpc) is 2.56. The Bertz CT molecular complexity index is 618. The Hall–Kier alpha value is -0.940. The summed E-state index contributed by atoms with van der Waals surface area (Å²) in [4.78, 5) is 16.1. The van der Waals surface area contributed by atoms with E-state index in [9.17, 15) is 4.79 Å². The predicted octanol–water partition coefficient (Wildman–Crippen LogP) is 2.85. The summed E-state index contributed by atoms with van der Waals surface area (Å²) in [5.74, 6) is 0. The maximum atomic E-state index is 12.1. The highest BCUT2D eigenvalue weighted by Crippen LogP contribution is 2.30. The fourth-order valence-electron chi connectivity index (χ4n) is 1.93. The summed E-state index contributed by atoms with van der Waals surface area (Å²) in [7, 11) is 0. The van der Waals surface area contributed by atoms with Gasteiger partial charge < -0.3 is 4.98 Å². The number of H-pyrrole nitrogens is 1. The van der Waals surface area contributed by atoms with Crippen LogP contribution in [0.2, 0.25) is 0 Å². The van der Waals surface area contributed by atoms with Crippen LogP contribution < -0.4 is 5.56 Å². The van der Waals surface area contributed by atoms with Crippen molar-refractivity contribution in [3.63, 3.8) is 0 Å². The van der Waals surface area contributed by atoms with E-state index in [1.54, 1.807) is 4.57 Å². The number of thiophene rings is 1. The highest BCUT2D eigenvalue weighted by molar-refractivity contribution is 7.71. The SMILES string of the molecule is O=c1c2ccsc2[nH]c(=S)n1C1CCC1. The first kappa shape index (κ1) is 9.30. The van der Waals surface area contributed by atoms with Crippen molar-refractivity contribution in [3.8, 4) is 0 Å². The molecular weight excluding hydrogens is 228 g/mol. The molecule has 78 valence electrons. The van der Waals surface area contributed by atoms with Gasteiger partial charge in [-0.15, -0.1) is 11.3 Å². The number of nitrogens with zero attached hydrogens (tertiary/aromatic N) is 1. The number of nitrogens with one attached hydrogen (secondary N) is 1. The smallest absolute Gasteiger partial charge is 0.263 e. The van der Waals surface area contributed by atoms with Crippen molar-refractivity contribution < 1.29 is 0 Å². The topological polar surface area (TPSA) is 37.8 Å². The third-order valence-electron chi connectivity index (χ3n) is 2.99. The Labute approximate surface area is 95.4 Å². The van der Waals surface area contributed by atoms with Crippen molar-refractivity contribution in [2.24, 2.45) is 0 Å². The van der Waals surface area contributed by atoms with Crippen molar-refractivity contribution in [2.75, 3.05) is 0 Å². The summed E-state index contributed by atoms with van der Waals surface area (Å²) in [6, 6.07) is 2.19. The number of hydrogen-bond donors (Lipinski definition) is 1. The van der Waals surface area contributed by atoms with Crippen LogP contribution in [-0.4, -0.2) is 9.55 Å². The lowest BCUT2D eigenvalue weighted by molar-refractivity contribution is 0.302. The molecular formula is C10H10N2OS2. The quantitative estimate of drug-likeness (QED) is 0.776. The molecule has 1 aliphatic carbocycles. The van der Waals surface area contributed by atoms with Gasteiger partial charge in [0, 0.05) is 6.04 Å². The number of aromatic amines is 1. The Morgan fingerprint density at radius 3 is 3.00 bits per heavy atom. The highest BCUT2D eigenvalue weighted by Gasteiger charge is 2.22. The Morgan fingerprint density at radius 2 is 2.33 bits per heavy atom. The molecule has 0 spiro atoms. The van der Waals surface area contributed by atoms with Crippen molar-refractivity contribution >= 4 is 33.8 Å². The number of hydrogen-bond acceptors (Lipinski definition) is 3. The van der Waals surface area contributed by atoms with Crippen LogP contribution in [-0.2, 0) is 0 Å². The molecule has 3 rings (SSSR count). The fraction of sp³-hybridized carbons (Fsp3) is 0.400. The van der Waals surface area contributed by atoms with Gasteiger partial charge in [0.1, 0.15) is 4.83 Å². The number of aromatic nitrogens is 2. The van der Waals surface area contributed by atoms with Crippen LogP contribution in [0.25, 0.3) is 10.2 Å². The predicted molar refractivity (Wildman–Crippen MR) is 64.2 cm³/mol. The molecule has 1 fully saturated rings. The summed E-state index contributed by atoms with van der Waals surface area (Å²) in [6.45, 7) is 0. The zero-order valence-corrected chi connectivity index (χ0v) is 9.66. The maximum Gasteiger partial charge on any atom is 0.263 e. The monoisotopic (exact) mass is 238 g/mol. The molecule has 1 saturated carbocycles. The minimum Gasteiger partial charge on any atom is -0.323 e. The lowest BCUT2D eigenvalue weighted by Crippen LogP contribution is -2.29. The Morgan fingerprint density at radius 1 is 1.53 bits per heavy atom. The van der Waals surface area contributed by atoms with E-state index in [1.165, 1.54) is 17.8 Å². The van der Waals surface area contributed by atoms with E-state index in [1.807, 2.05) is 11.4 Å². The molecule has 1 N–H and O–H groups in total. The van der Waals surface area contributed by atoms with Gasteiger partial charge in [0.15, 0.2) is 4.77 Å². The van der Waals surface area contributed by atoms with Crippen molar-refractivity contribution in [1.29, 1.82) is 0 Å². The van der Waals surface area contributed by atoms with Gasteiger partial charge in [-0.05, 0) is 42.9 Å². The van der Waals surface area contributed by atoms with Gasteiger partial charge in [-0.2, -0.15) is 0 Å². The van der Waals surface area contributed by atoms with Gasteiger partial charge in [0.25, 0.3) is 5.56 Å². The molecule has 0 saturated heterocycles. The van der Waals surface area contributed by atoms with E-state index in [0.717, 1.165) is 23.1 Å². The molecule has 3 nitrogen and oxygen atoms in total. The molecule has 2 aromatic heterocycles. The van der Waals surface area contributed by atoms with E-state index in [2.05, 4.69) is 4.98 Å². The molecule has 15 heavy (non-hydrogen) atoms. The molecule has 2 aromatic rings. The zero-order chi connectivity index (χ0) is 10.4. The molecule has 0 radical (unpaired) electrons. The third-order valence-corrected chi connectivity index (χ3v) is 4.12. The number of rotatable bonds is 1. The molecule has 0 unspecified atom stereocenters. The molecule has 2 heterocycles. The first-order valence-corrected chi connectivity index (χ1v) is 6.28. The first-order chi connectivity index (χ1) is 7.27. The lowest BCUT2D eigenvalue weighted by Gasteiger charge is -2.27. The summed E-state index contributed by atoms with van der Waals surface area (Å²) >= 11 is 6.75. The highest BCUT2D eigenvalue weighted by atomic mass is 32.1. The second-order valence-electron chi connectivity index (χ2n) is 3.85. The molecule has 0 atom stereocenters. The van der Waals surface area contributed by atoms with Gasteiger partial charge in [0.05, 0.1) is 5.39 Å². The van der Waals surface area contributed by atoms with Crippen molar-refractivity contribution in [3.05, 3.63) is 26.6 Å². The van der Waals surface area contributed by atoms with Gasteiger partial charge >= 0.3 is 0 Å². The molecule has 5 heteroatoms. The van der Waals surface area contributed by atoms with Gasteiger partial charge in [0.2, 0.25) is 0 Å². The number of fused-ring (bicyclic) bond motifs is 1. The van der Waals surface area contributed by atoms with Crippen LogP contribution in [0.4, 0.5) is 0 Å². The molecule has 0 amide bonds. The Kier molecular flexibility index (Phi) is 2.03. The standard InChI is InChI=1S/C10H10N2OS2/c13-9-7-4-5-15-8(7)11-10(14)12(9)6-2-1-3-6/h4-6H,1-3H2,(H,11,14). The fourth-order valence-corrected chi connectivity index (χ4v) is 3.11. The first-order valence-electron chi connectivity index (χ1n) is 4.99. The second kappa shape index (κ2) is 3.28. The zero-order valence-electron chi connectivity index (χ0n) is 8.03. The maximum absolute atomic E-state index is 12.1. The van der Waals surface area contributed by atoms with Crippen LogP contribution >= 0.6 is 23.6 Å². The Balaban J connectivity index is 2.36. The van der Waals surface area contributed by atoms with Gasteiger partial charge in [-0.3, -0.25) is 9.36 Å². The van der Waals surface area contributed by atoms with Crippen LogP contribution in [0.5, 0.6) is 0 Å². The lowest BCUT2D eigenvalue weighted by atomic mass is 9.93. The third kappa shape index (κ3) is 1.30. The summed E-state index contributed by atoms with van der Waals surface area (Å²) < 4.78 is 2.31. The van der Waals surface area contributed by atoms with Crippen LogP contribution in [0.15, 0.2) is 16.2 Å². The van der Waals surface area contributed by atoms with E-state index in [0.29, 0.717) is 10.8 Å². The summed E-state index contributed by atoms with van der Waals surface area (Å²) in [5.41, 5.74) is 0.0692. The molecule has 0 bridgehead atoms. The van der Waals surface area contributed by atoms with Crippen molar-refractivity contribution in [2.45, 2.75) is 25.3 Å². The molecule has 0 aromatic carbocycles. The minimum absolute atomic E-state index is 0.0692. The minimum atomic E-state index is 0.0692. The summed E-state index contributed by atoms with van der Waals surface area (Å²) in [5, 5.41) is 2.68.